The van der Waals surface area contributed by atoms with Crippen molar-refractivity contribution in [2.45, 2.75) is 18.2 Å². The molecule has 0 aliphatic heterocycles. The molecular weight excluding hydrogens is 276 g/mol. The van der Waals surface area contributed by atoms with Crippen molar-refractivity contribution in [3.05, 3.63) is 36.2 Å². The first kappa shape index (κ1) is 14.3. The predicted molar refractivity (Wildman–Crippen MR) is 78.7 cm³/mol. The molecule has 0 saturated carbocycles. The van der Waals surface area contributed by atoms with E-state index in [1.165, 1.54) is 6.26 Å². The third-order valence-corrected chi connectivity index (χ3v) is 3.79. The number of aromatic nitrogens is 2. The molecule has 0 fully saturated rings. The number of hydrogen-bond acceptors (Lipinski definition) is 6. The summed E-state index contributed by atoms with van der Waals surface area (Å²) < 4.78 is 22.7. The molecule has 20 heavy (non-hydrogen) atoms. The molecule has 7 heteroatoms. The zero-order valence-electron chi connectivity index (χ0n) is 11.3. The second-order valence-electron chi connectivity index (χ2n) is 4.37. The van der Waals surface area contributed by atoms with Crippen LogP contribution in [0.5, 0.6) is 0 Å². The van der Waals surface area contributed by atoms with E-state index in [-0.39, 0.29) is 4.90 Å². The summed E-state index contributed by atoms with van der Waals surface area (Å²) in [6.45, 7) is 1.94. The van der Waals surface area contributed by atoms with Crippen LogP contribution in [0.15, 0.2) is 35.2 Å². The molecule has 3 N–H and O–H groups in total. The van der Waals surface area contributed by atoms with Crippen LogP contribution in [0.25, 0.3) is 0 Å². The van der Waals surface area contributed by atoms with Crippen molar-refractivity contribution in [3.8, 4) is 0 Å². The van der Waals surface area contributed by atoms with Gasteiger partial charge in [0.15, 0.2) is 9.84 Å². The molecule has 1 aromatic carbocycles. The predicted octanol–water partition coefficient (Wildman–Crippen LogP) is 1.77. The van der Waals surface area contributed by atoms with Crippen molar-refractivity contribution < 1.29 is 8.42 Å². The van der Waals surface area contributed by atoms with Gasteiger partial charge in [0.05, 0.1) is 4.90 Å². The lowest BCUT2D eigenvalue weighted by Gasteiger charge is -2.08. The number of benzene rings is 1. The molecule has 0 unspecified atom stereocenters. The average molecular weight is 292 g/mol. The fraction of sp³-hybridized carbons (Fsp3) is 0.231. The van der Waals surface area contributed by atoms with Crippen LogP contribution in [-0.4, -0.2) is 24.6 Å². The molecular formula is C13H16N4O2S. The minimum absolute atomic E-state index is 0.277. The van der Waals surface area contributed by atoms with Crippen LogP contribution >= 0.6 is 0 Å². The van der Waals surface area contributed by atoms with E-state index in [1.807, 2.05) is 6.92 Å². The Morgan fingerprint density at radius 3 is 2.40 bits per heavy atom. The number of rotatable bonds is 4. The first-order valence-electron chi connectivity index (χ1n) is 6.09. The molecule has 0 bridgehead atoms. The average Bonchev–Trinajstić information content (AvgIpc) is 2.37. The van der Waals surface area contributed by atoms with Gasteiger partial charge in [0.1, 0.15) is 17.5 Å². The topological polar surface area (TPSA) is 98.0 Å². The number of nitrogens with one attached hydrogen (secondary N) is 1. The van der Waals surface area contributed by atoms with Crippen LogP contribution in [0.3, 0.4) is 0 Å². The highest BCUT2D eigenvalue weighted by molar-refractivity contribution is 7.90. The van der Waals surface area contributed by atoms with Crippen molar-refractivity contribution in [1.29, 1.82) is 0 Å². The Balaban J connectivity index is 2.24. The number of sulfone groups is 1. The molecule has 6 nitrogen and oxygen atoms in total. The first-order chi connectivity index (χ1) is 9.38. The van der Waals surface area contributed by atoms with Gasteiger partial charge in [-0.3, -0.25) is 0 Å². The number of nitrogens with two attached hydrogens (primary N) is 1. The lowest BCUT2D eigenvalue weighted by atomic mass is 10.3. The van der Waals surface area contributed by atoms with Gasteiger partial charge in [-0.05, 0) is 24.3 Å². The zero-order valence-corrected chi connectivity index (χ0v) is 12.1. The highest BCUT2D eigenvalue weighted by Gasteiger charge is 2.07. The molecule has 0 amide bonds. The molecule has 106 valence electrons. The third kappa shape index (κ3) is 3.45. The third-order valence-electron chi connectivity index (χ3n) is 2.66. The number of nitrogens with zero attached hydrogens (tertiary/aromatic N) is 2. The molecule has 0 aliphatic carbocycles. The summed E-state index contributed by atoms with van der Waals surface area (Å²) in [6.07, 6.45) is 1.86. The molecule has 1 aromatic heterocycles. The van der Waals surface area contributed by atoms with E-state index in [9.17, 15) is 8.42 Å². The monoisotopic (exact) mass is 292 g/mol. The lowest BCUT2D eigenvalue weighted by Crippen LogP contribution is -2.03. The van der Waals surface area contributed by atoms with Gasteiger partial charge < -0.3 is 11.1 Å². The first-order valence-corrected chi connectivity index (χ1v) is 7.98. The van der Waals surface area contributed by atoms with Gasteiger partial charge in [-0.2, -0.15) is 0 Å². The largest absolute Gasteiger partial charge is 0.384 e. The molecule has 0 radical (unpaired) electrons. The smallest absolute Gasteiger partial charge is 0.175 e. The van der Waals surface area contributed by atoms with Crippen molar-refractivity contribution in [2.75, 3.05) is 17.3 Å². The van der Waals surface area contributed by atoms with Gasteiger partial charge in [0.2, 0.25) is 0 Å². The van der Waals surface area contributed by atoms with E-state index in [0.717, 1.165) is 5.69 Å². The molecule has 0 atom stereocenters. The number of nitrogen functional groups attached to an aromatic ring is 1. The summed E-state index contributed by atoms with van der Waals surface area (Å²) in [6, 6.07) is 8.08. The highest BCUT2D eigenvalue weighted by Crippen LogP contribution is 2.18. The van der Waals surface area contributed by atoms with Gasteiger partial charge in [-0.1, -0.05) is 6.92 Å². The molecule has 1 heterocycles. The molecule has 2 aromatic rings. The van der Waals surface area contributed by atoms with E-state index in [0.29, 0.717) is 23.9 Å². The normalized spacial score (nSPS) is 11.3. The van der Waals surface area contributed by atoms with Crippen LogP contribution in [0, 0.1) is 0 Å². The second kappa shape index (κ2) is 5.46. The van der Waals surface area contributed by atoms with Crippen molar-refractivity contribution >= 4 is 27.2 Å². The Hall–Kier alpha value is -2.15. The van der Waals surface area contributed by atoms with E-state index >= 15 is 0 Å². The fourth-order valence-corrected chi connectivity index (χ4v) is 2.30. The van der Waals surface area contributed by atoms with Crippen LogP contribution in [0.1, 0.15) is 12.7 Å². The Bertz CT molecular complexity index is 712. The highest BCUT2D eigenvalue weighted by atomic mass is 32.2. The second-order valence-corrected chi connectivity index (χ2v) is 6.39. The Kier molecular flexibility index (Phi) is 3.89. The Labute approximate surface area is 118 Å². The number of hydrogen-bond donors (Lipinski definition) is 2. The van der Waals surface area contributed by atoms with Gasteiger partial charge in [0.25, 0.3) is 0 Å². The maximum atomic E-state index is 11.4. The molecule has 2 rings (SSSR count). The quantitative estimate of drug-likeness (QED) is 0.891. The van der Waals surface area contributed by atoms with Gasteiger partial charge in [0, 0.05) is 24.4 Å². The minimum Gasteiger partial charge on any atom is -0.384 e. The maximum absolute atomic E-state index is 11.4. The summed E-state index contributed by atoms with van der Waals surface area (Å²) in [4.78, 5) is 8.66. The standard InChI is InChI=1S/C13H16N4O2S/c1-3-12-16-11(14)8-13(17-12)15-9-4-6-10(7-5-9)20(2,18)19/h4-8H,3H2,1-2H3,(H3,14,15,16,17). The Morgan fingerprint density at radius 1 is 1.20 bits per heavy atom. The molecule has 0 spiro atoms. The molecule has 0 saturated heterocycles. The zero-order chi connectivity index (χ0) is 14.8. The summed E-state index contributed by atoms with van der Waals surface area (Å²) in [5, 5.41) is 3.07. The maximum Gasteiger partial charge on any atom is 0.175 e. The van der Waals surface area contributed by atoms with Crippen molar-refractivity contribution in [1.82, 2.24) is 9.97 Å². The summed E-state index contributed by atoms with van der Waals surface area (Å²) in [7, 11) is -3.18. The van der Waals surface area contributed by atoms with Gasteiger partial charge in [-0.15, -0.1) is 0 Å². The molecule has 0 aliphatic rings. The van der Waals surface area contributed by atoms with E-state index in [1.54, 1.807) is 30.3 Å². The summed E-state index contributed by atoms with van der Waals surface area (Å²) >= 11 is 0. The van der Waals surface area contributed by atoms with Gasteiger partial charge in [-0.25, -0.2) is 18.4 Å². The van der Waals surface area contributed by atoms with Gasteiger partial charge >= 0.3 is 0 Å². The van der Waals surface area contributed by atoms with E-state index < -0.39 is 9.84 Å². The fourth-order valence-electron chi connectivity index (χ4n) is 1.67. The SMILES string of the molecule is CCc1nc(N)cc(Nc2ccc(S(C)(=O)=O)cc2)n1. The van der Waals surface area contributed by atoms with Crippen molar-refractivity contribution in [3.63, 3.8) is 0 Å². The summed E-state index contributed by atoms with van der Waals surface area (Å²) in [5.74, 6) is 1.63. The van der Waals surface area contributed by atoms with Crippen LogP contribution < -0.4 is 11.1 Å². The van der Waals surface area contributed by atoms with Crippen LogP contribution in [0.4, 0.5) is 17.3 Å². The lowest BCUT2D eigenvalue weighted by molar-refractivity contribution is 0.602. The Morgan fingerprint density at radius 2 is 1.85 bits per heavy atom. The summed E-state index contributed by atoms with van der Waals surface area (Å²) in [5.41, 5.74) is 6.43. The van der Waals surface area contributed by atoms with Crippen LogP contribution in [0.2, 0.25) is 0 Å². The minimum atomic E-state index is -3.18. The van der Waals surface area contributed by atoms with E-state index in [4.69, 9.17) is 5.73 Å². The van der Waals surface area contributed by atoms with E-state index in [2.05, 4.69) is 15.3 Å². The van der Waals surface area contributed by atoms with Crippen LogP contribution in [-0.2, 0) is 16.3 Å². The number of aryl methyl sites for hydroxylation is 1. The number of anilines is 3. The van der Waals surface area contributed by atoms with Crippen molar-refractivity contribution in [2.24, 2.45) is 0 Å².